The summed E-state index contributed by atoms with van der Waals surface area (Å²) in [4.78, 5) is 59.1. The van der Waals surface area contributed by atoms with Gasteiger partial charge >= 0.3 is 0 Å². The third kappa shape index (κ3) is 3.50. The molecule has 0 saturated heterocycles. The molecule has 10 heteroatoms. The molecule has 0 spiro atoms. The van der Waals surface area contributed by atoms with E-state index in [0.29, 0.717) is 29.0 Å². The Kier molecular flexibility index (Phi) is 5.32. The molecule has 4 N–H and O–H groups in total. The summed E-state index contributed by atoms with van der Waals surface area (Å²) in [5, 5.41) is 3.38. The van der Waals surface area contributed by atoms with Crippen molar-refractivity contribution in [2.24, 2.45) is 0 Å². The van der Waals surface area contributed by atoms with Crippen molar-refractivity contribution < 1.29 is 4.79 Å². The number of aryl methyl sites for hydroxylation is 2. The van der Waals surface area contributed by atoms with Crippen LogP contribution in [0, 0.1) is 6.92 Å². The summed E-state index contributed by atoms with van der Waals surface area (Å²) >= 11 is 1.42. The summed E-state index contributed by atoms with van der Waals surface area (Å²) in [5.41, 5.74) is 8.61. The van der Waals surface area contributed by atoms with E-state index in [-0.39, 0.29) is 23.6 Å². The molecule has 5 rings (SSSR count). The number of aromatic nitrogens is 2. The van der Waals surface area contributed by atoms with Crippen molar-refractivity contribution in [1.82, 2.24) is 15.3 Å². The second-order valence-electron chi connectivity index (χ2n) is 8.46. The Labute approximate surface area is 197 Å². The van der Waals surface area contributed by atoms with Crippen molar-refractivity contribution in [3.05, 3.63) is 82.0 Å². The zero-order valence-corrected chi connectivity index (χ0v) is 19.6. The second kappa shape index (κ2) is 8.21. The molecule has 2 aromatic heterocycles. The number of hydrogen-bond donors (Lipinski definition) is 3. The van der Waals surface area contributed by atoms with E-state index in [1.165, 1.54) is 11.3 Å². The third-order valence-electron chi connectivity index (χ3n) is 6.40. The Morgan fingerprint density at radius 2 is 2.03 bits per heavy atom. The average Bonchev–Trinajstić information content (AvgIpc) is 3.17. The predicted molar refractivity (Wildman–Crippen MR) is 132 cm³/mol. The van der Waals surface area contributed by atoms with E-state index < -0.39 is 16.8 Å². The maximum atomic E-state index is 12.7. The van der Waals surface area contributed by atoms with Crippen LogP contribution >= 0.6 is 11.3 Å². The van der Waals surface area contributed by atoms with Gasteiger partial charge in [-0.1, -0.05) is 25.1 Å². The van der Waals surface area contributed by atoms with Crippen LogP contribution < -0.4 is 32.4 Å². The molecule has 0 radical (unpaired) electrons. The SMILES string of the molecule is CCc1c(C)sc2nc(C(=O)NCc3ccc4c(c3)CN(c3c(N)c(=O)c3=O)CC4)[nH]c(=O)c12. The van der Waals surface area contributed by atoms with Gasteiger partial charge in [0.25, 0.3) is 22.3 Å². The minimum Gasteiger partial charge on any atom is -0.394 e. The van der Waals surface area contributed by atoms with Crippen molar-refractivity contribution in [1.29, 1.82) is 0 Å². The number of fused-ring (bicyclic) bond motifs is 2. The second-order valence-corrected chi connectivity index (χ2v) is 9.67. The van der Waals surface area contributed by atoms with Gasteiger partial charge in [0, 0.05) is 24.5 Å². The Balaban J connectivity index is 1.32. The number of anilines is 2. The van der Waals surface area contributed by atoms with Gasteiger partial charge in [-0.15, -0.1) is 11.3 Å². The fraction of sp³-hybridized carbons (Fsp3) is 0.292. The predicted octanol–water partition coefficient (Wildman–Crippen LogP) is 1.53. The van der Waals surface area contributed by atoms with E-state index in [0.717, 1.165) is 40.0 Å². The van der Waals surface area contributed by atoms with Crippen LogP contribution in [0.15, 0.2) is 32.6 Å². The molecule has 9 nitrogen and oxygen atoms in total. The first kappa shape index (κ1) is 22.0. The van der Waals surface area contributed by atoms with Crippen molar-refractivity contribution in [3.63, 3.8) is 0 Å². The first-order valence-electron chi connectivity index (χ1n) is 11.0. The highest BCUT2D eigenvalue weighted by Crippen LogP contribution is 2.28. The molecule has 0 unspecified atom stereocenters. The summed E-state index contributed by atoms with van der Waals surface area (Å²) in [6, 6.07) is 5.92. The lowest BCUT2D eigenvalue weighted by Gasteiger charge is -2.32. The molecule has 0 aliphatic carbocycles. The Hall–Kier alpha value is -3.79. The molecule has 1 amide bonds. The number of nitrogen functional groups attached to an aromatic ring is 1. The minimum atomic E-state index is -0.620. The highest BCUT2D eigenvalue weighted by molar-refractivity contribution is 7.18. The lowest BCUT2D eigenvalue weighted by molar-refractivity contribution is 0.0940. The number of benzene rings is 1. The summed E-state index contributed by atoms with van der Waals surface area (Å²) in [6.07, 6.45) is 1.46. The van der Waals surface area contributed by atoms with E-state index in [9.17, 15) is 19.2 Å². The van der Waals surface area contributed by atoms with Crippen molar-refractivity contribution in [3.8, 4) is 0 Å². The molecule has 2 aromatic carbocycles. The first-order chi connectivity index (χ1) is 16.3. The normalized spacial score (nSPS) is 13.4. The first-order valence-corrected chi connectivity index (χ1v) is 11.8. The van der Waals surface area contributed by atoms with E-state index in [2.05, 4.69) is 15.3 Å². The summed E-state index contributed by atoms with van der Waals surface area (Å²) in [5.74, 6) is -0.472. The van der Waals surface area contributed by atoms with E-state index in [1.807, 2.05) is 36.9 Å². The van der Waals surface area contributed by atoms with Gasteiger partial charge in [0.2, 0.25) is 5.82 Å². The van der Waals surface area contributed by atoms with Gasteiger partial charge < -0.3 is 20.9 Å². The summed E-state index contributed by atoms with van der Waals surface area (Å²) in [6.45, 7) is 5.27. The minimum absolute atomic E-state index is 0.0129. The van der Waals surface area contributed by atoms with E-state index >= 15 is 0 Å². The van der Waals surface area contributed by atoms with Crippen LogP contribution in [0.3, 0.4) is 0 Å². The van der Waals surface area contributed by atoms with Crippen LogP contribution in [0.2, 0.25) is 0 Å². The highest BCUT2D eigenvalue weighted by Gasteiger charge is 2.27. The number of nitrogens with zero attached hydrogens (tertiary/aromatic N) is 2. The monoisotopic (exact) mass is 477 g/mol. The highest BCUT2D eigenvalue weighted by atomic mass is 32.1. The number of thiophene rings is 1. The van der Waals surface area contributed by atoms with Gasteiger partial charge in [0.15, 0.2) is 0 Å². The van der Waals surface area contributed by atoms with Gasteiger partial charge in [0.05, 0.1) is 5.39 Å². The Bertz CT molecular complexity index is 1590. The molecule has 174 valence electrons. The average molecular weight is 478 g/mol. The number of nitrogens with one attached hydrogen (secondary N) is 2. The maximum absolute atomic E-state index is 12.7. The molecule has 0 atom stereocenters. The molecule has 0 fully saturated rings. The molecular formula is C24H23N5O4S. The number of rotatable bonds is 5. The van der Waals surface area contributed by atoms with Gasteiger partial charge in [-0.25, -0.2) is 4.98 Å². The number of hydrogen-bond acceptors (Lipinski definition) is 8. The Morgan fingerprint density at radius 3 is 2.76 bits per heavy atom. The van der Waals surface area contributed by atoms with Crippen LogP contribution in [-0.2, 0) is 25.9 Å². The number of amides is 1. The third-order valence-corrected chi connectivity index (χ3v) is 7.45. The number of H-pyrrole nitrogens is 1. The lowest BCUT2D eigenvalue weighted by atomic mass is 9.96. The quantitative estimate of drug-likeness (QED) is 0.371. The van der Waals surface area contributed by atoms with Crippen molar-refractivity contribution in [2.75, 3.05) is 17.2 Å². The van der Waals surface area contributed by atoms with Crippen molar-refractivity contribution >= 4 is 38.8 Å². The van der Waals surface area contributed by atoms with Crippen LogP contribution in [-0.4, -0.2) is 22.4 Å². The zero-order chi connectivity index (χ0) is 24.1. The fourth-order valence-corrected chi connectivity index (χ4v) is 5.71. The van der Waals surface area contributed by atoms with E-state index in [1.54, 1.807) is 0 Å². The van der Waals surface area contributed by atoms with Gasteiger partial charge in [-0.3, -0.25) is 19.2 Å². The standard InChI is InChI=1S/C24H23N5O4S/c1-3-15-11(2)34-24-16(15)22(32)27-21(28-24)23(33)26-9-12-4-5-13-6-7-29(10-14(13)8-12)18-17(25)19(30)20(18)31/h4-5,8H,3,6-7,9-10,25H2,1-2H3,(H,26,33)(H,27,28,32). The summed E-state index contributed by atoms with van der Waals surface area (Å²) in [7, 11) is 0. The molecule has 0 saturated carbocycles. The van der Waals surface area contributed by atoms with Crippen LogP contribution in [0.5, 0.6) is 0 Å². The molecule has 0 bridgehead atoms. The molecular weight excluding hydrogens is 454 g/mol. The number of nitrogens with two attached hydrogens (primary N) is 1. The van der Waals surface area contributed by atoms with Crippen LogP contribution in [0.1, 0.15) is 44.7 Å². The van der Waals surface area contributed by atoms with Crippen molar-refractivity contribution in [2.45, 2.75) is 39.8 Å². The summed E-state index contributed by atoms with van der Waals surface area (Å²) < 4.78 is 0. The van der Waals surface area contributed by atoms with Gasteiger partial charge in [0.1, 0.15) is 16.2 Å². The topological polar surface area (TPSA) is 138 Å². The molecule has 34 heavy (non-hydrogen) atoms. The number of carbonyl (C=O) groups excluding carboxylic acids is 1. The fourth-order valence-electron chi connectivity index (χ4n) is 4.60. The number of aromatic amines is 1. The largest absolute Gasteiger partial charge is 0.394 e. The molecule has 4 aromatic rings. The van der Waals surface area contributed by atoms with E-state index in [4.69, 9.17) is 5.73 Å². The maximum Gasteiger partial charge on any atom is 0.287 e. The molecule has 3 heterocycles. The lowest BCUT2D eigenvalue weighted by Crippen LogP contribution is -2.44. The zero-order valence-electron chi connectivity index (χ0n) is 18.8. The van der Waals surface area contributed by atoms with Crippen LogP contribution in [0.4, 0.5) is 11.4 Å². The molecule has 1 aliphatic rings. The smallest absolute Gasteiger partial charge is 0.287 e. The number of carbonyl (C=O) groups is 1. The van der Waals surface area contributed by atoms with Crippen LogP contribution in [0.25, 0.3) is 10.2 Å². The van der Waals surface area contributed by atoms with Gasteiger partial charge in [-0.2, -0.15) is 0 Å². The molecule has 1 aliphatic heterocycles. The Morgan fingerprint density at radius 1 is 1.24 bits per heavy atom. The van der Waals surface area contributed by atoms with Gasteiger partial charge in [-0.05, 0) is 42.0 Å².